The van der Waals surface area contributed by atoms with Crippen LogP contribution < -0.4 is 10.1 Å². The van der Waals surface area contributed by atoms with Crippen LogP contribution in [0.3, 0.4) is 0 Å². The maximum Gasteiger partial charge on any atom is 0.410 e. The molecule has 2 unspecified atom stereocenters. The zero-order chi connectivity index (χ0) is 26.3. The minimum atomic E-state index is -0.961. The molecule has 0 spiro atoms. The highest BCUT2D eigenvalue weighted by atomic mass is 19.1. The number of nitrogens with one attached hydrogen (secondary N) is 1. The molecule has 3 N–H and O–H groups in total. The highest BCUT2D eigenvalue weighted by Gasteiger charge is 2.27. The van der Waals surface area contributed by atoms with Crippen LogP contribution in [0.1, 0.15) is 58.4 Å². The van der Waals surface area contributed by atoms with Gasteiger partial charge in [0.1, 0.15) is 5.60 Å². The molecule has 0 radical (unpaired) electrons. The molecule has 2 amide bonds. The van der Waals surface area contributed by atoms with Gasteiger partial charge in [0.05, 0.1) is 19.3 Å². The minimum Gasteiger partial charge on any atom is -0.490 e. The van der Waals surface area contributed by atoms with E-state index in [1.54, 1.807) is 11.0 Å². The number of carbonyl (C=O) groups excluding carboxylic acids is 2. The van der Waals surface area contributed by atoms with Crippen LogP contribution in [0.4, 0.5) is 9.18 Å². The van der Waals surface area contributed by atoms with Crippen LogP contribution in [0.25, 0.3) is 5.57 Å². The normalized spacial score (nSPS) is 19.9. The van der Waals surface area contributed by atoms with Crippen LogP contribution in [0.5, 0.6) is 5.75 Å². The van der Waals surface area contributed by atoms with Crippen molar-refractivity contribution < 1.29 is 33.7 Å². The molecule has 1 fully saturated rings. The second-order valence-corrected chi connectivity index (χ2v) is 10.6. The average molecular weight is 507 g/mol. The second-order valence-electron chi connectivity index (χ2n) is 10.6. The van der Waals surface area contributed by atoms with Crippen LogP contribution in [0.2, 0.25) is 0 Å². The Hall–Kier alpha value is -2.65. The maximum atomic E-state index is 14.8. The lowest BCUT2D eigenvalue weighted by molar-refractivity contribution is -0.125. The number of benzene rings is 1. The van der Waals surface area contributed by atoms with Gasteiger partial charge in [-0.2, -0.15) is 0 Å². The summed E-state index contributed by atoms with van der Waals surface area (Å²) >= 11 is 0. The Labute approximate surface area is 212 Å². The Morgan fingerprint density at radius 3 is 2.53 bits per heavy atom. The quantitative estimate of drug-likeness (QED) is 0.498. The van der Waals surface area contributed by atoms with Crippen molar-refractivity contribution in [3.63, 3.8) is 0 Å². The van der Waals surface area contributed by atoms with Gasteiger partial charge in [-0.15, -0.1) is 0 Å². The molecule has 0 saturated carbocycles. The number of allylic oxidation sites excluding steroid dienone is 2. The molecule has 9 heteroatoms. The van der Waals surface area contributed by atoms with Crippen LogP contribution in [0, 0.1) is 17.7 Å². The lowest BCUT2D eigenvalue weighted by Gasteiger charge is -2.33. The van der Waals surface area contributed by atoms with E-state index in [0.717, 1.165) is 24.0 Å². The first-order valence-corrected chi connectivity index (χ1v) is 12.7. The highest BCUT2D eigenvalue weighted by molar-refractivity contribution is 5.80. The van der Waals surface area contributed by atoms with E-state index >= 15 is 0 Å². The molecule has 8 nitrogen and oxygen atoms in total. The van der Waals surface area contributed by atoms with Gasteiger partial charge in [0.15, 0.2) is 11.6 Å². The zero-order valence-electron chi connectivity index (χ0n) is 21.5. The molecule has 1 aromatic carbocycles. The van der Waals surface area contributed by atoms with E-state index in [1.165, 1.54) is 6.07 Å². The van der Waals surface area contributed by atoms with Gasteiger partial charge in [-0.25, -0.2) is 9.18 Å². The number of piperidine rings is 1. The third kappa shape index (κ3) is 8.20. The average Bonchev–Trinajstić information content (AvgIpc) is 2.85. The molecule has 0 bridgehead atoms. The van der Waals surface area contributed by atoms with Crippen molar-refractivity contribution in [2.45, 2.75) is 64.6 Å². The molecule has 0 aromatic heterocycles. The smallest absolute Gasteiger partial charge is 0.410 e. The SMILES string of the molecule is CC(C)(C)OC(=O)N1CCC(COc2ccc(C3=CCC(C(=O)NCC(O)CO)CC3)cc2F)CC1. The lowest BCUT2D eigenvalue weighted by atomic mass is 9.86. The van der Waals surface area contributed by atoms with E-state index in [-0.39, 0.29) is 36.1 Å². The van der Waals surface area contributed by atoms with E-state index in [0.29, 0.717) is 39.0 Å². The van der Waals surface area contributed by atoms with Gasteiger partial charge in [-0.3, -0.25) is 4.79 Å². The van der Waals surface area contributed by atoms with Crippen molar-refractivity contribution >= 4 is 17.6 Å². The Morgan fingerprint density at radius 2 is 1.94 bits per heavy atom. The molecular weight excluding hydrogens is 467 g/mol. The van der Waals surface area contributed by atoms with Crippen molar-refractivity contribution in [1.82, 2.24) is 10.2 Å². The number of ether oxygens (including phenoxy) is 2. The lowest BCUT2D eigenvalue weighted by Crippen LogP contribution is -2.42. The fourth-order valence-electron chi connectivity index (χ4n) is 4.40. The number of nitrogens with zero attached hydrogens (tertiary/aromatic N) is 1. The summed E-state index contributed by atoms with van der Waals surface area (Å²) in [6, 6.07) is 4.97. The first-order valence-electron chi connectivity index (χ1n) is 12.7. The number of likely N-dealkylation sites (tertiary alicyclic amines) is 1. The number of aliphatic hydroxyl groups excluding tert-OH is 2. The van der Waals surface area contributed by atoms with Crippen molar-refractivity contribution in [2.24, 2.45) is 11.8 Å². The molecule has 1 saturated heterocycles. The fourth-order valence-corrected chi connectivity index (χ4v) is 4.40. The third-order valence-corrected chi connectivity index (χ3v) is 6.55. The van der Waals surface area contributed by atoms with Crippen LogP contribution >= 0.6 is 0 Å². The third-order valence-electron chi connectivity index (χ3n) is 6.55. The predicted octanol–water partition coefficient (Wildman–Crippen LogP) is 3.50. The van der Waals surface area contributed by atoms with Crippen LogP contribution in [0.15, 0.2) is 24.3 Å². The fraction of sp³-hybridized carbons (Fsp3) is 0.630. The molecule has 1 aliphatic carbocycles. The molecule has 2 atom stereocenters. The number of hydrogen-bond donors (Lipinski definition) is 3. The first kappa shape index (κ1) is 27.9. The number of aliphatic hydroxyl groups is 2. The van der Waals surface area contributed by atoms with Crippen molar-refractivity contribution in [1.29, 1.82) is 0 Å². The Balaban J connectivity index is 1.46. The van der Waals surface area contributed by atoms with E-state index in [9.17, 15) is 19.1 Å². The summed E-state index contributed by atoms with van der Waals surface area (Å²) in [4.78, 5) is 26.1. The van der Waals surface area contributed by atoms with E-state index in [1.807, 2.05) is 32.9 Å². The molecule has 2 aliphatic rings. The largest absolute Gasteiger partial charge is 0.490 e. The molecule has 200 valence electrons. The van der Waals surface area contributed by atoms with E-state index in [4.69, 9.17) is 14.6 Å². The molecule has 1 aliphatic heterocycles. The molecule has 1 heterocycles. The van der Waals surface area contributed by atoms with Gasteiger partial charge in [0.2, 0.25) is 5.91 Å². The van der Waals surface area contributed by atoms with Gasteiger partial charge in [0.25, 0.3) is 0 Å². The molecule has 36 heavy (non-hydrogen) atoms. The number of hydrogen-bond acceptors (Lipinski definition) is 6. The molecule has 3 rings (SSSR count). The van der Waals surface area contributed by atoms with Gasteiger partial charge in [-0.05, 0) is 82.1 Å². The van der Waals surface area contributed by atoms with Crippen molar-refractivity contribution in [2.75, 3.05) is 32.8 Å². The van der Waals surface area contributed by atoms with Gasteiger partial charge in [-0.1, -0.05) is 12.1 Å². The first-order chi connectivity index (χ1) is 17.1. The minimum absolute atomic E-state index is 0.0257. The Morgan fingerprint density at radius 1 is 1.22 bits per heavy atom. The van der Waals surface area contributed by atoms with E-state index in [2.05, 4.69) is 5.32 Å². The summed E-state index contributed by atoms with van der Waals surface area (Å²) in [5, 5.41) is 20.9. The standard InChI is InChI=1S/C27H39FN2O6/c1-27(2,3)36-26(34)30-12-10-18(11-13-30)17-35-24-9-8-21(14-23(24)28)19-4-6-20(7-5-19)25(33)29-15-22(32)16-31/h4,8-9,14,18,20,22,31-32H,5-7,10-13,15-17H2,1-3H3,(H,29,33). The number of rotatable bonds is 8. The molecule has 1 aromatic rings. The summed E-state index contributed by atoms with van der Waals surface area (Å²) in [7, 11) is 0. The highest BCUT2D eigenvalue weighted by Crippen LogP contribution is 2.32. The van der Waals surface area contributed by atoms with Crippen molar-refractivity contribution in [3.05, 3.63) is 35.7 Å². The monoisotopic (exact) mass is 506 g/mol. The molecular formula is C27H39FN2O6. The Bertz CT molecular complexity index is 937. The zero-order valence-corrected chi connectivity index (χ0v) is 21.5. The number of carbonyl (C=O) groups is 2. The van der Waals surface area contributed by atoms with Gasteiger partial charge in [0, 0.05) is 25.6 Å². The Kier molecular flexibility index (Phi) is 9.73. The summed E-state index contributed by atoms with van der Waals surface area (Å²) in [5.41, 5.74) is 1.25. The van der Waals surface area contributed by atoms with Crippen LogP contribution in [-0.4, -0.2) is 71.7 Å². The summed E-state index contributed by atoms with van der Waals surface area (Å²) in [5.74, 6) is -0.314. The second kappa shape index (κ2) is 12.5. The van der Waals surface area contributed by atoms with Gasteiger partial charge < -0.3 is 29.9 Å². The van der Waals surface area contributed by atoms with Crippen molar-refractivity contribution in [3.8, 4) is 5.75 Å². The summed E-state index contributed by atoms with van der Waals surface area (Å²) in [6.07, 6.45) is 4.08. The predicted molar refractivity (Wildman–Crippen MR) is 134 cm³/mol. The maximum absolute atomic E-state index is 14.8. The van der Waals surface area contributed by atoms with E-state index < -0.39 is 24.1 Å². The number of amides is 2. The van der Waals surface area contributed by atoms with Crippen LogP contribution in [-0.2, 0) is 9.53 Å². The number of halogens is 1. The summed E-state index contributed by atoms with van der Waals surface area (Å²) < 4.78 is 26.0. The van der Waals surface area contributed by atoms with Gasteiger partial charge >= 0.3 is 6.09 Å². The topological polar surface area (TPSA) is 108 Å². The summed E-state index contributed by atoms with van der Waals surface area (Å²) in [6.45, 7) is 6.76.